The van der Waals surface area contributed by atoms with Crippen LogP contribution in [0.2, 0.25) is 0 Å². The van der Waals surface area contributed by atoms with E-state index in [1.54, 1.807) is 24.3 Å². The predicted molar refractivity (Wildman–Crippen MR) is 165 cm³/mol. The van der Waals surface area contributed by atoms with Gasteiger partial charge in [-0.05, 0) is 59.3 Å². The number of hydrogen-bond acceptors (Lipinski definition) is 6. The lowest BCUT2D eigenvalue weighted by molar-refractivity contribution is 0.0962. The van der Waals surface area contributed by atoms with E-state index in [2.05, 4.69) is 9.98 Å². The molecular weight excluding hydrogens is 565 g/mol. The maximum Gasteiger partial charge on any atom is 0.281 e. The van der Waals surface area contributed by atoms with Crippen molar-refractivity contribution in [2.75, 3.05) is 0 Å². The third-order valence-electron chi connectivity index (χ3n) is 6.68. The molecule has 4 aromatic heterocycles. The van der Waals surface area contributed by atoms with Crippen LogP contribution in [0.1, 0.15) is 20.7 Å². The number of benzene rings is 3. The minimum absolute atomic E-state index is 0.116. The van der Waals surface area contributed by atoms with Crippen LogP contribution >= 0.6 is 22.7 Å². The molecule has 202 valence electrons. The van der Waals surface area contributed by atoms with Crippen molar-refractivity contribution in [3.8, 4) is 20.9 Å². The highest BCUT2D eigenvalue weighted by molar-refractivity contribution is 7.13. The normalized spacial score (nSPS) is 12.3. The Bertz CT molecular complexity index is 2080. The second-order valence-corrected chi connectivity index (χ2v) is 11.2. The van der Waals surface area contributed by atoms with E-state index < -0.39 is 11.8 Å². The Kier molecular flexibility index (Phi) is 6.75. The van der Waals surface area contributed by atoms with Crippen molar-refractivity contribution in [3.63, 3.8) is 0 Å². The maximum atomic E-state index is 13.6. The molecule has 7 aromatic rings. The van der Waals surface area contributed by atoms with E-state index in [1.807, 2.05) is 95.7 Å². The molecule has 6 nitrogen and oxygen atoms in total. The van der Waals surface area contributed by atoms with Gasteiger partial charge in [0.05, 0.1) is 22.3 Å². The molecule has 0 aliphatic carbocycles. The van der Waals surface area contributed by atoms with E-state index in [9.17, 15) is 9.59 Å². The van der Waals surface area contributed by atoms with Gasteiger partial charge >= 0.3 is 0 Å². The molecule has 42 heavy (non-hydrogen) atoms. The number of rotatable bonds is 4. The van der Waals surface area contributed by atoms with Crippen LogP contribution in [-0.4, -0.2) is 11.8 Å². The van der Waals surface area contributed by atoms with E-state index in [1.165, 1.54) is 22.7 Å². The van der Waals surface area contributed by atoms with E-state index in [0.717, 1.165) is 20.5 Å². The Hall–Kier alpha value is -5.18. The molecule has 0 unspecified atom stereocenters. The summed E-state index contributed by atoms with van der Waals surface area (Å²) in [6, 6.07) is 33.3. The summed E-state index contributed by atoms with van der Waals surface area (Å²) < 4.78 is 12.2. The van der Waals surface area contributed by atoms with E-state index in [-0.39, 0.29) is 22.2 Å². The largest absolute Gasteiger partial charge is 0.438 e. The molecule has 3 aromatic carbocycles. The highest BCUT2D eigenvalue weighted by atomic mass is 32.1. The van der Waals surface area contributed by atoms with Crippen LogP contribution in [0.15, 0.2) is 139 Å². The van der Waals surface area contributed by atoms with Gasteiger partial charge in [0, 0.05) is 20.5 Å². The average molecular weight is 585 g/mol. The topological polar surface area (TPSA) is 85.1 Å². The first-order valence-electron chi connectivity index (χ1n) is 13.0. The van der Waals surface area contributed by atoms with Gasteiger partial charge in [-0.2, -0.15) is 9.98 Å². The number of carbonyl (C=O) groups is 2. The zero-order valence-corrected chi connectivity index (χ0v) is 23.5. The zero-order chi connectivity index (χ0) is 28.5. The third-order valence-corrected chi connectivity index (χ3v) is 8.49. The number of para-hydroxylation sites is 2. The Labute approximate surface area is 247 Å². The number of amides is 2. The molecule has 4 heterocycles. The lowest BCUT2D eigenvalue weighted by Gasteiger charge is -2.05. The van der Waals surface area contributed by atoms with Crippen molar-refractivity contribution in [1.82, 2.24) is 0 Å². The fourth-order valence-electron chi connectivity index (χ4n) is 4.68. The second-order valence-electron chi connectivity index (χ2n) is 9.34. The molecule has 0 atom stereocenters. The molecule has 0 saturated heterocycles. The molecule has 0 fully saturated rings. The standard InChI is InChI=1S/C34H20N2O4S2/c37-31(35-33-25(29-15-7-17-41-29)19-21-9-1-5-13-27(21)39-33)23-11-3-4-12-24(23)32(38)36-34-26(30-16-8-18-42-30)20-22-10-2-6-14-28(22)40-34/h1-20H. The first-order valence-corrected chi connectivity index (χ1v) is 14.8. The van der Waals surface area contributed by atoms with Gasteiger partial charge in [0.15, 0.2) is 0 Å². The summed E-state index contributed by atoms with van der Waals surface area (Å²) in [5.41, 5.74) is 3.16. The third kappa shape index (κ3) is 4.94. The molecule has 0 aliphatic rings. The Morgan fingerprint density at radius 1 is 0.524 bits per heavy atom. The van der Waals surface area contributed by atoms with E-state index in [0.29, 0.717) is 22.3 Å². The number of hydrogen-bond donors (Lipinski definition) is 0. The summed E-state index contributed by atoms with van der Waals surface area (Å²) in [5.74, 6) is -1.22. The number of thiophene rings is 2. The summed E-state index contributed by atoms with van der Waals surface area (Å²) in [6.45, 7) is 0. The van der Waals surface area contributed by atoms with Crippen molar-refractivity contribution in [2.45, 2.75) is 0 Å². The molecule has 0 spiro atoms. The van der Waals surface area contributed by atoms with Gasteiger partial charge in [0.2, 0.25) is 11.1 Å². The minimum atomic E-state index is -0.611. The zero-order valence-electron chi connectivity index (χ0n) is 21.9. The Balaban J connectivity index is 1.35. The fraction of sp³-hybridized carbons (Fsp3) is 0. The molecular formula is C34H20N2O4S2. The highest BCUT2D eigenvalue weighted by Gasteiger charge is 2.18. The van der Waals surface area contributed by atoms with Crippen LogP contribution in [0.25, 0.3) is 42.8 Å². The molecule has 0 N–H and O–H groups in total. The SMILES string of the molecule is O=C(N=c1oc2ccccc2cc1-c1cccs1)c1ccccc1C(=O)N=c1oc2ccccc2cc1-c1cccs1. The lowest BCUT2D eigenvalue weighted by atomic mass is 10.1. The first kappa shape index (κ1) is 25.8. The molecule has 8 heteroatoms. The maximum absolute atomic E-state index is 13.6. The monoisotopic (exact) mass is 584 g/mol. The fourth-order valence-corrected chi connectivity index (χ4v) is 6.15. The van der Waals surface area contributed by atoms with E-state index in [4.69, 9.17) is 8.83 Å². The van der Waals surface area contributed by atoms with Crippen LogP contribution in [0.4, 0.5) is 0 Å². The van der Waals surface area contributed by atoms with Crippen molar-refractivity contribution in [1.29, 1.82) is 0 Å². The smallest absolute Gasteiger partial charge is 0.281 e. The highest BCUT2D eigenvalue weighted by Crippen LogP contribution is 2.26. The van der Waals surface area contributed by atoms with Gasteiger partial charge in [-0.1, -0.05) is 60.7 Å². The van der Waals surface area contributed by atoms with Gasteiger partial charge in [-0.25, -0.2) is 0 Å². The van der Waals surface area contributed by atoms with Crippen molar-refractivity contribution in [3.05, 3.63) is 142 Å². The molecule has 0 saturated carbocycles. The average Bonchev–Trinajstić information content (AvgIpc) is 3.76. The molecule has 2 amide bonds. The summed E-state index contributed by atoms with van der Waals surface area (Å²) in [5, 5.41) is 5.69. The number of carbonyl (C=O) groups excluding carboxylic acids is 2. The molecule has 0 aliphatic heterocycles. The second kappa shape index (κ2) is 11.0. The van der Waals surface area contributed by atoms with Crippen LogP contribution in [0.3, 0.4) is 0 Å². The van der Waals surface area contributed by atoms with Crippen molar-refractivity contribution in [2.24, 2.45) is 9.98 Å². The van der Waals surface area contributed by atoms with Gasteiger partial charge < -0.3 is 8.83 Å². The Morgan fingerprint density at radius 3 is 1.38 bits per heavy atom. The van der Waals surface area contributed by atoms with Gasteiger partial charge in [0.25, 0.3) is 11.8 Å². The predicted octanol–water partition coefficient (Wildman–Crippen LogP) is 8.12. The van der Waals surface area contributed by atoms with Gasteiger partial charge in [-0.3, -0.25) is 9.59 Å². The van der Waals surface area contributed by atoms with E-state index >= 15 is 0 Å². The summed E-state index contributed by atoms with van der Waals surface area (Å²) in [7, 11) is 0. The number of nitrogens with zero attached hydrogens (tertiary/aromatic N) is 2. The quantitative estimate of drug-likeness (QED) is 0.209. The summed E-state index contributed by atoms with van der Waals surface area (Å²) in [4.78, 5) is 37.8. The van der Waals surface area contributed by atoms with Gasteiger partial charge in [0.1, 0.15) is 11.2 Å². The minimum Gasteiger partial charge on any atom is -0.438 e. The van der Waals surface area contributed by atoms with Crippen LogP contribution in [0.5, 0.6) is 0 Å². The Morgan fingerprint density at radius 2 is 0.952 bits per heavy atom. The van der Waals surface area contributed by atoms with Crippen molar-refractivity contribution >= 4 is 56.4 Å². The van der Waals surface area contributed by atoms with Crippen LogP contribution in [0, 0.1) is 0 Å². The summed E-state index contributed by atoms with van der Waals surface area (Å²) >= 11 is 3.04. The first-order chi connectivity index (χ1) is 20.6. The van der Waals surface area contributed by atoms with Gasteiger partial charge in [-0.15, -0.1) is 22.7 Å². The molecule has 7 rings (SSSR count). The van der Waals surface area contributed by atoms with Crippen LogP contribution < -0.4 is 11.1 Å². The number of fused-ring (bicyclic) bond motifs is 2. The molecule has 0 bridgehead atoms. The lowest BCUT2D eigenvalue weighted by Crippen LogP contribution is -2.14. The molecule has 0 radical (unpaired) electrons. The van der Waals surface area contributed by atoms with Crippen molar-refractivity contribution < 1.29 is 18.4 Å². The summed E-state index contributed by atoms with van der Waals surface area (Å²) in [6.07, 6.45) is 0. The van der Waals surface area contributed by atoms with Crippen LogP contribution in [-0.2, 0) is 0 Å².